The van der Waals surface area contributed by atoms with Crippen LogP contribution in [0, 0.1) is 10.8 Å². The van der Waals surface area contributed by atoms with Crippen molar-refractivity contribution in [1.82, 2.24) is 0 Å². The molecule has 0 aromatic heterocycles. The maximum Gasteiger partial charge on any atom is 0.155 e. The Morgan fingerprint density at radius 1 is 0.955 bits per heavy atom. The molecule has 0 amide bonds. The van der Waals surface area contributed by atoms with Crippen molar-refractivity contribution < 1.29 is 9.59 Å². The Hall–Kier alpha value is -1.18. The van der Waals surface area contributed by atoms with Gasteiger partial charge in [0.25, 0.3) is 0 Å². The molecule has 0 radical (unpaired) electrons. The van der Waals surface area contributed by atoms with E-state index in [1.165, 1.54) is 19.3 Å². The molecular weight excluding hydrogens is 272 g/mol. The Bertz CT molecular complexity index is 490. The Balaban J connectivity index is 0.000000220. The zero-order valence-corrected chi connectivity index (χ0v) is 15.2. The number of Topliss-reactive ketones (excluding diaryl/α,β-unsaturated/α-hetero) is 2. The normalized spacial score (nSPS) is 22.6. The Morgan fingerprint density at radius 3 is 1.91 bits per heavy atom. The summed E-state index contributed by atoms with van der Waals surface area (Å²) in [4.78, 5) is 22.0. The van der Waals surface area contributed by atoms with E-state index in [0.29, 0.717) is 5.41 Å². The topological polar surface area (TPSA) is 34.1 Å². The van der Waals surface area contributed by atoms with Crippen LogP contribution >= 0.6 is 0 Å². The first-order valence-corrected chi connectivity index (χ1v) is 8.45. The summed E-state index contributed by atoms with van der Waals surface area (Å²) < 4.78 is 0. The lowest BCUT2D eigenvalue weighted by Gasteiger charge is -2.28. The van der Waals surface area contributed by atoms with Crippen molar-refractivity contribution in [2.75, 3.05) is 0 Å². The third-order valence-electron chi connectivity index (χ3n) is 4.62. The lowest BCUT2D eigenvalue weighted by Crippen LogP contribution is -2.18. The number of carbonyl (C=O) groups is 2. The Labute approximate surface area is 136 Å². The second kappa shape index (κ2) is 7.39. The third kappa shape index (κ3) is 6.29. The molecule has 0 fully saturated rings. The van der Waals surface area contributed by atoms with Gasteiger partial charge in [0.1, 0.15) is 0 Å². The number of ketones is 2. The molecule has 0 aromatic rings. The van der Waals surface area contributed by atoms with Gasteiger partial charge in [-0.1, -0.05) is 39.8 Å². The summed E-state index contributed by atoms with van der Waals surface area (Å²) in [5.74, 6) is 0.496. The first-order chi connectivity index (χ1) is 10.0. The number of carbonyl (C=O) groups excluding carboxylic acids is 2. The van der Waals surface area contributed by atoms with E-state index in [9.17, 15) is 9.59 Å². The van der Waals surface area contributed by atoms with Crippen LogP contribution in [0.1, 0.15) is 80.1 Å². The molecule has 0 bridgehead atoms. The summed E-state index contributed by atoms with van der Waals surface area (Å²) in [6.07, 6.45) is 10.8. The highest BCUT2D eigenvalue weighted by Gasteiger charge is 2.24. The van der Waals surface area contributed by atoms with Gasteiger partial charge in [0.2, 0.25) is 0 Å². The van der Waals surface area contributed by atoms with Crippen LogP contribution in [-0.2, 0) is 9.59 Å². The third-order valence-corrected chi connectivity index (χ3v) is 4.62. The highest BCUT2D eigenvalue weighted by atomic mass is 16.1. The van der Waals surface area contributed by atoms with E-state index in [2.05, 4.69) is 39.8 Å². The molecule has 0 saturated carbocycles. The van der Waals surface area contributed by atoms with Gasteiger partial charge in [-0.05, 0) is 74.3 Å². The van der Waals surface area contributed by atoms with Gasteiger partial charge in [-0.25, -0.2) is 0 Å². The second-order valence-corrected chi connectivity index (χ2v) is 8.23. The van der Waals surface area contributed by atoms with Crippen molar-refractivity contribution in [3.05, 3.63) is 23.3 Å². The molecule has 0 heterocycles. The van der Waals surface area contributed by atoms with Crippen LogP contribution in [0.3, 0.4) is 0 Å². The number of hydrogen-bond donors (Lipinski definition) is 0. The van der Waals surface area contributed by atoms with Gasteiger partial charge in [-0.2, -0.15) is 0 Å². The van der Waals surface area contributed by atoms with Gasteiger partial charge < -0.3 is 0 Å². The molecule has 0 N–H and O–H groups in total. The summed E-state index contributed by atoms with van der Waals surface area (Å²) in [6.45, 7) is 12.1. The van der Waals surface area contributed by atoms with Crippen molar-refractivity contribution in [3.63, 3.8) is 0 Å². The zero-order chi connectivity index (χ0) is 17.0. The average molecular weight is 304 g/mol. The van der Waals surface area contributed by atoms with E-state index in [0.717, 1.165) is 30.4 Å². The minimum atomic E-state index is 0.248. The van der Waals surface area contributed by atoms with Crippen molar-refractivity contribution >= 4 is 11.6 Å². The summed E-state index contributed by atoms with van der Waals surface area (Å²) in [6, 6.07) is 0. The Morgan fingerprint density at radius 2 is 1.55 bits per heavy atom. The largest absolute Gasteiger partial charge is 0.295 e. The first kappa shape index (κ1) is 18.9. The van der Waals surface area contributed by atoms with E-state index in [1.807, 2.05) is 0 Å². The summed E-state index contributed by atoms with van der Waals surface area (Å²) in [7, 11) is 0. The first-order valence-electron chi connectivity index (χ1n) is 8.45. The second-order valence-electron chi connectivity index (χ2n) is 8.23. The maximum atomic E-state index is 11.0. The van der Waals surface area contributed by atoms with Crippen LogP contribution in [0.2, 0.25) is 0 Å². The van der Waals surface area contributed by atoms with Gasteiger partial charge in [0, 0.05) is 0 Å². The predicted octanol–water partition coefficient (Wildman–Crippen LogP) is 5.42. The van der Waals surface area contributed by atoms with Crippen molar-refractivity contribution in [3.8, 4) is 0 Å². The minimum Gasteiger partial charge on any atom is -0.295 e. The molecule has 0 aromatic carbocycles. The zero-order valence-electron chi connectivity index (χ0n) is 15.2. The highest BCUT2D eigenvalue weighted by molar-refractivity contribution is 5.93. The molecule has 0 spiro atoms. The fourth-order valence-corrected chi connectivity index (χ4v) is 3.21. The summed E-state index contributed by atoms with van der Waals surface area (Å²) in [5.41, 5.74) is 2.65. The van der Waals surface area contributed by atoms with E-state index in [1.54, 1.807) is 13.8 Å². The number of rotatable bonds is 2. The Kier molecular flexibility index (Phi) is 6.34. The van der Waals surface area contributed by atoms with Gasteiger partial charge in [0.15, 0.2) is 11.6 Å². The molecule has 2 rings (SSSR count). The highest BCUT2D eigenvalue weighted by Crippen LogP contribution is 2.35. The van der Waals surface area contributed by atoms with Crippen molar-refractivity contribution in [2.45, 2.75) is 80.1 Å². The molecule has 2 nitrogen and oxygen atoms in total. The van der Waals surface area contributed by atoms with E-state index < -0.39 is 0 Å². The van der Waals surface area contributed by atoms with E-state index in [4.69, 9.17) is 0 Å². The van der Waals surface area contributed by atoms with Crippen LogP contribution in [0.5, 0.6) is 0 Å². The minimum absolute atomic E-state index is 0.248. The van der Waals surface area contributed by atoms with Crippen LogP contribution in [0.15, 0.2) is 23.3 Å². The SMILES string of the molecule is CC(=O)C1=CC(C)(C)CCC1.CC(=O)C1=CCCC(C)(C)C1. The van der Waals surface area contributed by atoms with Crippen LogP contribution < -0.4 is 0 Å². The molecular formula is C20H32O2. The molecule has 0 aliphatic heterocycles. The van der Waals surface area contributed by atoms with Gasteiger partial charge >= 0.3 is 0 Å². The summed E-state index contributed by atoms with van der Waals surface area (Å²) in [5, 5.41) is 0. The fourth-order valence-electron chi connectivity index (χ4n) is 3.21. The van der Waals surface area contributed by atoms with E-state index in [-0.39, 0.29) is 17.0 Å². The number of hydrogen-bond acceptors (Lipinski definition) is 2. The molecule has 2 aliphatic rings. The van der Waals surface area contributed by atoms with E-state index >= 15 is 0 Å². The van der Waals surface area contributed by atoms with Gasteiger partial charge in [-0.15, -0.1) is 0 Å². The molecule has 2 heteroatoms. The van der Waals surface area contributed by atoms with Gasteiger partial charge in [-0.3, -0.25) is 9.59 Å². The molecule has 0 atom stereocenters. The standard InChI is InChI=1S/2C10H16O/c2*1-8(11)9-5-4-6-10(2,3)7-9/h7H,4-6H2,1-3H3;5H,4,6-7H2,1-3H3. The molecule has 0 saturated heterocycles. The fraction of sp³-hybridized carbons (Fsp3) is 0.700. The lowest BCUT2D eigenvalue weighted by molar-refractivity contribution is -0.114. The van der Waals surface area contributed by atoms with Crippen LogP contribution in [0.25, 0.3) is 0 Å². The van der Waals surface area contributed by atoms with Crippen LogP contribution in [-0.4, -0.2) is 11.6 Å². The maximum absolute atomic E-state index is 11.0. The molecule has 22 heavy (non-hydrogen) atoms. The summed E-state index contributed by atoms with van der Waals surface area (Å²) >= 11 is 0. The average Bonchev–Trinajstić information content (AvgIpc) is 2.37. The molecule has 124 valence electrons. The van der Waals surface area contributed by atoms with Crippen molar-refractivity contribution in [2.24, 2.45) is 10.8 Å². The van der Waals surface area contributed by atoms with Crippen molar-refractivity contribution in [1.29, 1.82) is 0 Å². The quantitative estimate of drug-likeness (QED) is 0.682. The van der Waals surface area contributed by atoms with Crippen LogP contribution in [0.4, 0.5) is 0 Å². The monoisotopic (exact) mass is 304 g/mol. The smallest absolute Gasteiger partial charge is 0.155 e. The molecule has 0 unspecified atom stereocenters. The van der Waals surface area contributed by atoms with Gasteiger partial charge in [0.05, 0.1) is 0 Å². The molecule has 2 aliphatic carbocycles. The predicted molar refractivity (Wildman–Crippen MR) is 92.8 cm³/mol. The lowest BCUT2D eigenvalue weighted by atomic mass is 9.76. The number of allylic oxidation sites excluding steroid dienone is 4.